The van der Waals surface area contributed by atoms with Crippen LogP contribution in [0.4, 0.5) is 0 Å². The summed E-state index contributed by atoms with van der Waals surface area (Å²) in [5.41, 5.74) is 0. The van der Waals surface area contributed by atoms with E-state index in [4.69, 9.17) is 10.2 Å². The third-order valence-corrected chi connectivity index (χ3v) is 1.49. The molecule has 62 valence electrons. The highest BCUT2D eigenvalue weighted by molar-refractivity contribution is 4.51. The zero-order valence-corrected chi connectivity index (χ0v) is 6.88. The Morgan fingerprint density at radius 2 is 1.20 bits per heavy atom. The van der Waals surface area contributed by atoms with E-state index in [1.54, 1.807) is 13.8 Å². The van der Waals surface area contributed by atoms with Crippen LogP contribution in [0.15, 0.2) is 0 Å². The van der Waals surface area contributed by atoms with E-state index in [0.717, 1.165) is 25.7 Å². The maximum atomic E-state index is 8.86. The topological polar surface area (TPSA) is 40.5 Å². The van der Waals surface area contributed by atoms with Gasteiger partial charge in [-0.2, -0.15) is 0 Å². The molecule has 0 aliphatic carbocycles. The normalized spacial score (nSPS) is 16.8. The van der Waals surface area contributed by atoms with Gasteiger partial charge in [-0.25, -0.2) is 0 Å². The van der Waals surface area contributed by atoms with Crippen molar-refractivity contribution < 1.29 is 10.2 Å². The van der Waals surface area contributed by atoms with Crippen LogP contribution in [0.5, 0.6) is 0 Å². The standard InChI is InChI=1S/C8H18O2/c1-7(9)5-3-4-6-8(2)10/h7-10H,3-6H2,1-2H3/t7-,8-/m0/s1. The summed E-state index contributed by atoms with van der Waals surface area (Å²) < 4.78 is 0. The largest absolute Gasteiger partial charge is 0.393 e. The quantitative estimate of drug-likeness (QED) is 0.574. The van der Waals surface area contributed by atoms with E-state index in [-0.39, 0.29) is 12.2 Å². The second kappa shape index (κ2) is 5.69. The van der Waals surface area contributed by atoms with Gasteiger partial charge >= 0.3 is 0 Å². The molecule has 0 aliphatic rings. The van der Waals surface area contributed by atoms with Crippen molar-refractivity contribution in [2.45, 2.75) is 51.7 Å². The third-order valence-electron chi connectivity index (χ3n) is 1.49. The fourth-order valence-corrected chi connectivity index (χ4v) is 0.879. The third kappa shape index (κ3) is 7.92. The zero-order chi connectivity index (χ0) is 7.98. The van der Waals surface area contributed by atoms with Crippen LogP contribution in [0.1, 0.15) is 39.5 Å². The SMILES string of the molecule is C[C@H](O)CCCC[C@H](C)O. The minimum atomic E-state index is -0.186. The molecule has 10 heavy (non-hydrogen) atoms. The second-order valence-corrected chi connectivity index (χ2v) is 2.98. The molecule has 0 heterocycles. The second-order valence-electron chi connectivity index (χ2n) is 2.98. The Bertz CT molecular complexity index is 59.7. The molecule has 0 fully saturated rings. The lowest BCUT2D eigenvalue weighted by Gasteiger charge is -2.04. The van der Waals surface area contributed by atoms with Crippen LogP contribution in [-0.2, 0) is 0 Å². The molecule has 0 saturated heterocycles. The van der Waals surface area contributed by atoms with E-state index in [1.165, 1.54) is 0 Å². The number of aliphatic hydroxyl groups excluding tert-OH is 2. The van der Waals surface area contributed by atoms with Gasteiger partial charge in [-0.3, -0.25) is 0 Å². The number of aliphatic hydroxyl groups is 2. The van der Waals surface area contributed by atoms with Gasteiger partial charge in [-0.05, 0) is 26.7 Å². The van der Waals surface area contributed by atoms with Crippen molar-refractivity contribution in [2.24, 2.45) is 0 Å². The molecule has 2 atom stereocenters. The first kappa shape index (κ1) is 9.92. The molecular weight excluding hydrogens is 128 g/mol. The van der Waals surface area contributed by atoms with Gasteiger partial charge in [0, 0.05) is 0 Å². The molecule has 0 aromatic rings. The molecule has 2 nitrogen and oxygen atoms in total. The maximum absolute atomic E-state index is 8.86. The van der Waals surface area contributed by atoms with Crippen LogP contribution < -0.4 is 0 Å². The average molecular weight is 146 g/mol. The Labute approximate surface area is 62.9 Å². The number of unbranched alkanes of at least 4 members (excludes halogenated alkanes) is 1. The highest BCUT2D eigenvalue weighted by Gasteiger charge is 1.97. The van der Waals surface area contributed by atoms with E-state index in [2.05, 4.69) is 0 Å². The first-order valence-corrected chi connectivity index (χ1v) is 3.99. The molecule has 2 N–H and O–H groups in total. The number of rotatable bonds is 5. The minimum Gasteiger partial charge on any atom is -0.393 e. The summed E-state index contributed by atoms with van der Waals surface area (Å²) in [6, 6.07) is 0. The summed E-state index contributed by atoms with van der Waals surface area (Å²) in [5.74, 6) is 0. The van der Waals surface area contributed by atoms with Crippen LogP contribution in [-0.4, -0.2) is 22.4 Å². The van der Waals surface area contributed by atoms with Crippen molar-refractivity contribution in [2.75, 3.05) is 0 Å². The first-order chi connectivity index (χ1) is 4.63. The molecule has 0 spiro atoms. The number of hydrogen-bond donors (Lipinski definition) is 2. The van der Waals surface area contributed by atoms with E-state index in [9.17, 15) is 0 Å². The highest BCUT2D eigenvalue weighted by atomic mass is 16.3. The van der Waals surface area contributed by atoms with Crippen molar-refractivity contribution >= 4 is 0 Å². The smallest absolute Gasteiger partial charge is 0.0512 e. The highest BCUT2D eigenvalue weighted by Crippen LogP contribution is 2.04. The van der Waals surface area contributed by atoms with Gasteiger partial charge in [0.05, 0.1) is 12.2 Å². The molecule has 0 amide bonds. The summed E-state index contributed by atoms with van der Waals surface area (Å²) in [4.78, 5) is 0. The van der Waals surface area contributed by atoms with Gasteiger partial charge < -0.3 is 10.2 Å². The van der Waals surface area contributed by atoms with Crippen molar-refractivity contribution in [3.05, 3.63) is 0 Å². The van der Waals surface area contributed by atoms with Crippen LogP contribution in [0.25, 0.3) is 0 Å². The maximum Gasteiger partial charge on any atom is 0.0512 e. The summed E-state index contributed by atoms with van der Waals surface area (Å²) >= 11 is 0. The Morgan fingerprint density at radius 1 is 0.900 bits per heavy atom. The Kier molecular flexibility index (Phi) is 5.64. The summed E-state index contributed by atoms with van der Waals surface area (Å²) in [7, 11) is 0. The zero-order valence-electron chi connectivity index (χ0n) is 6.88. The predicted molar refractivity (Wildman–Crippen MR) is 41.8 cm³/mol. The molecule has 0 saturated carbocycles. The van der Waals surface area contributed by atoms with Crippen molar-refractivity contribution in [3.8, 4) is 0 Å². The molecule has 0 bridgehead atoms. The minimum absolute atomic E-state index is 0.186. The molecule has 0 radical (unpaired) electrons. The van der Waals surface area contributed by atoms with Crippen LogP contribution in [0, 0.1) is 0 Å². The van der Waals surface area contributed by atoms with Crippen LogP contribution in [0.2, 0.25) is 0 Å². The Hall–Kier alpha value is -0.0800. The first-order valence-electron chi connectivity index (χ1n) is 3.99. The summed E-state index contributed by atoms with van der Waals surface area (Å²) in [5, 5.41) is 17.7. The lowest BCUT2D eigenvalue weighted by molar-refractivity contribution is 0.163. The van der Waals surface area contributed by atoms with E-state index < -0.39 is 0 Å². The lowest BCUT2D eigenvalue weighted by Crippen LogP contribution is -2.02. The van der Waals surface area contributed by atoms with Gasteiger partial charge in [0.25, 0.3) is 0 Å². The fraction of sp³-hybridized carbons (Fsp3) is 1.00. The van der Waals surface area contributed by atoms with Gasteiger partial charge in [0.15, 0.2) is 0 Å². The van der Waals surface area contributed by atoms with E-state index >= 15 is 0 Å². The summed E-state index contributed by atoms with van der Waals surface area (Å²) in [6.07, 6.45) is 3.37. The molecule has 0 aromatic heterocycles. The molecule has 0 rings (SSSR count). The van der Waals surface area contributed by atoms with Gasteiger partial charge in [-0.1, -0.05) is 12.8 Å². The Balaban J connectivity index is 2.91. The predicted octanol–water partition coefficient (Wildman–Crippen LogP) is 1.31. The van der Waals surface area contributed by atoms with Gasteiger partial charge in [0.1, 0.15) is 0 Å². The van der Waals surface area contributed by atoms with E-state index in [0.29, 0.717) is 0 Å². The molecular formula is C8H18O2. The van der Waals surface area contributed by atoms with Gasteiger partial charge in [-0.15, -0.1) is 0 Å². The number of hydrogen-bond acceptors (Lipinski definition) is 2. The molecule has 2 heteroatoms. The van der Waals surface area contributed by atoms with Crippen LogP contribution >= 0.6 is 0 Å². The van der Waals surface area contributed by atoms with Crippen molar-refractivity contribution in [3.63, 3.8) is 0 Å². The van der Waals surface area contributed by atoms with E-state index in [1.807, 2.05) is 0 Å². The lowest BCUT2D eigenvalue weighted by atomic mass is 10.1. The Morgan fingerprint density at radius 3 is 1.40 bits per heavy atom. The summed E-state index contributed by atoms with van der Waals surface area (Å²) in [6.45, 7) is 3.59. The van der Waals surface area contributed by atoms with Crippen molar-refractivity contribution in [1.82, 2.24) is 0 Å². The fourth-order valence-electron chi connectivity index (χ4n) is 0.879. The van der Waals surface area contributed by atoms with Crippen LogP contribution in [0.3, 0.4) is 0 Å². The van der Waals surface area contributed by atoms with Crippen molar-refractivity contribution in [1.29, 1.82) is 0 Å². The monoisotopic (exact) mass is 146 g/mol. The molecule has 0 aromatic carbocycles. The molecule has 0 unspecified atom stereocenters. The van der Waals surface area contributed by atoms with Gasteiger partial charge in [0.2, 0.25) is 0 Å². The molecule has 0 aliphatic heterocycles. The average Bonchev–Trinajstić information content (AvgIpc) is 1.79.